The zero-order chi connectivity index (χ0) is 34.1. The summed E-state index contributed by atoms with van der Waals surface area (Å²) in [6.07, 6.45) is -5.57. The zero-order valence-electron chi connectivity index (χ0n) is 23.7. The summed E-state index contributed by atoms with van der Waals surface area (Å²) in [5, 5.41) is 16.6. The first-order valence-corrected chi connectivity index (χ1v) is 13.0. The molecule has 2 heterocycles. The molecule has 0 aliphatic rings. The van der Waals surface area contributed by atoms with Gasteiger partial charge in [0.25, 0.3) is 5.91 Å². The topological polar surface area (TPSA) is 142 Å². The number of aromatic nitrogens is 3. The highest BCUT2D eigenvalue weighted by molar-refractivity contribution is 6.00. The molecule has 0 unspecified atom stereocenters. The van der Waals surface area contributed by atoms with Crippen LogP contribution < -0.4 is 20.5 Å². The number of primary amides is 1. The van der Waals surface area contributed by atoms with Crippen LogP contribution in [0.3, 0.4) is 0 Å². The lowest BCUT2D eigenvalue weighted by molar-refractivity contribution is -0.265. The number of halogens is 8. The Balaban J connectivity index is 1.84. The molecule has 0 spiro atoms. The van der Waals surface area contributed by atoms with E-state index in [4.69, 9.17) is 15.2 Å². The van der Waals surface area contributed by atoms with Crippen molar-refractivity contribution in [3.05, 3.63) is 70.8 Å². The fraction of sp³-hybridized carbons (Fsp3) is 0.286. The normalized spacial score (nSPS) is 13.1. The number of pyridine rings is 1. The van der Waals surface area contributed by atoms with Crippen LogP contribution in [0.25, 0.3) is 22.2 Å². The SMILES string of the molecule is CCOc1c(CC(N)=O)cc([C@@](O)(CNC(=O)c2cc(OC)c3nn(C(F)F)cc3c2)C(F)(F)F)nc1-c1cc(F)c(F)cc1F. The number of amides is 2. The summed E-state index contributed by atoms with van der Waals surface area (Å²) in [6.45, 7) is -3.49. The lowest BCUT2D eigenvalue weighted by Gasteiger charge is -2.31. The number of aliphatic hydroxyl groups is 1. The average molecular weight is 662 g/mol. The van der Waals surface area contributed by atoms with Gasteiger partial charge in [-0.2, -0.15) is 27.1 Å². The van der Waals surface area contributed by atoms with Gasteiger partial charge in [0.1, 0.15) is 28.5 Å². The number of alkyl halides is 5. The molecule has 0 aliphatic heterocycles. The van der Waals surface area contributed by atoms with Crippen LogP contribution in [0.1, 0.15) is 35.1 Å². The summed E-state index contributed by atoms with van der Waals surface area (Å²) in [7, 11) is 1.13. The summed E-state index contributed by atoms with van der Waals surface area (Å²) >= 11 is 0. The van der Waals surface area contributed by atoms with Gasteiger partial charge >= 0.3 is 12.7 Å². The van der Waals surface area contributed by atoms with E-state index in [1.165, 1.54) is 6.92 Å². The van der Waals surface area contributed by atoms with Crippen molar-refractivity contribution in [2.75, 3.05) is 20.3 Å². The molecule has 0 saturated carbocycles. The van der Waals surface area contributed by atoms with Crippen molar-refractivity contribution in [2.45, 2.75) is 31.7 Å². The van der Waals surface area contributed by atoms with Crippen molar-refractivity contribution in [2.24, 2.45) is 5.73 Å². The first-order valence-electron chi connectivity index (χ1n) is 13.0. The van der Waals surface area contributed by atoms with Crippen molar-refractivity contribution in [1.82, 2.24) is 20.1 Å². The van der Waals surface area contributed by atoms with Crippen molar-refractivity contribution in [1.29, 1.82) is 0 Å². The Morgan fingerprint density at radius 3 is 2.33 bits per heavy atom. The van der Waals surface area contributed by atoms with Crippen LogP contribution in [-0.4, -0.2) is 58.1 Å². The van der Waals surface area contributed by atoms with Crippen LogP contribution in [0.15, 0.2) is 36.5 Å². The Bertz CT molecular complexity index is 1810. The maximum absolute atomic E-state index is 14.9. The molecule has 10 nitrogen and oxygen atoms in total. The number of hydrogen-bond acceptors (Lipinski definition) is 7. The molecule has 46 heavy (non-hydrogen) atoms. The van der Waals surface area contributed by atoms with Gasteiger partial charge in [-0.25, -0.2) is 22.8 Å². The summed E-state index contributed by atoms with van der Waals surface area (Å²) in [6, 6.07) is 3.04. The Morgan fingerprint density at radius 2 is 1.74 bits per heavy atom. The van der Waals surface area contributed by atoms with Gasteiger partial charge in [0.05, 0.1) is 32.4 Å². The third kappa shape index (κ3) is 6.51. The number of fused-ring (bicyclic) bond motifs is 1. The van der Waals surface area contributed by atoms with Gasteiger partial charge < -0.3 is 25.6 Å². The summed E-state index contributed by atoms with van der Waals surface area (Å²) < 4.78 is 123. The molecule has 246 valence electrons. The number of benzene rings is 2. The Labute approximate surface area is 253 Å². The molecule has 0 fully saturated rings. The quantitative estimate of drug-likeness (QED) is 0.159. The van der Waals surface area contributed by atoms with Gasteiger partial charge in [-0.05, 0) is 31.2 Å². The molecule has 2 amide bonds. The first-order chi connectivity index (χ1) is 21.5. The van der Waals surface area contributed by atoms with Crippen LogP contribution in [-0.2, 0) is 16.8 Å². The van der Waals surface area contributed by atoms with Gasteiger partial charge in [0.15, 0.2) is 11.6 Å². The van der Waals surface area contributed by atoms with E-state index < -0.39 is 88.8 Å². The number of hydrogen-bond donors (Lipinski definition) is 3. The standard InChI is InChI=1S/C28H23F8N5O5/c1-3-46-24-12(7-21(37)42)6-20(39-23(24)15-8-17(30)18(31)9-16(15)29)27(44,28(34,35)36)11-38-25(43)13-4-14-10-41(26(32)33)40-22(14)19(5-13)45-2/h4-6,8-10,26,44H,3,7,11H2,1-2H3,(H2,37,42)(H,38,43)/t27-/m0/s1. The first kappa shape index (κ1) is 33.9. The van der Waals surface area contributed by atoms with E-state index in [0.717, 1.165) is 25.4 Å². The smallest absolute Gasteiger partial charge is 0.424 e. The number of rotatable bonds is 11. The van der Waals surface area contributed by atoms with Gasteiger partial charge in [-0.1, -0.05) is 0 Å². The van der Waals surface area contributed by atoms with Crippen LogP contribution in [0.2, 0.25) is 0 Å². The number of methoxy groups -OCH3 is 1. The van der Waals surface area contributed by atoms with Crippen LogP contribution in [0, 0.1) is 17.5 Å². The third-order valence-corrected chi connectivity index (χ3v) is 6.64. The predicted octanol–water partition coefficient (Wildman–Crippen LogP) is 4.53. The van der Waals surface area contributed by atoms with Crippen molar-refractivity contribution >= 4 is 22.7 Å². The predicted molar refractivity (Wildman–Crippen MR) is 143 cm³/mol. The lowest BCUT2D eigenvalue weighted by Crippen LogP contribution is -2.51. The van der Waals surface area contributed by atoms with Gasteiger partial charge in [0, 0.05) is 34.3 Å². The molecule has 4 aromatic rings. The molecule has 1 atom stereocenters. The minimum Gasteiger partial charge on any atom is -0.494 e. The number of ether oxygens (including phenoxy) is 2. The van der Waals surface area contributed by atoms with E-state index >= 15 is 0 Å². The largest absolute Gasteiger partial charge is 0.494 e. The van der Waals surface area contributed by atoms with Crippen molar-refractivity contribution in [3.63, 3.8) is 0 Å². The second-order valence-corrected chi connectivity index (χ2v) is 9.71. The molecule has 0 radical (unpaired) electrons. The van der Waals surface area contributed by atoms with Crippen LogP contribution in [0.5, 0.6) is 11.5 Å². The van der Waals surface area contributed by atoms with Crippen molar-refractivity contribution in [3.8, 4) is 22.8 Å². The Morgan fingerprint density at radius 1 is 1.07 bits per heavy atom. The maximum atomic E-state index is 14.9. The molecule has 0 saturated heterocycles. The minimum absolute atomic E-state index is 0.0293. The highest BCUT2D eigenvalue weighted by atomic mass is 19.4. The van der Waals surface area contributed by atoms with E-state index in [-0.39, 0.29) is 39.6 Å². The van der Waals surface area contributed by atoms with Crippen LogP contribution in [0.4, 0.5) is 35.1 Å². The minimum atomic E-state index is -5.62. The molecule has 0 bridgehead atoms. The van der Waals surface area contributed by atoms with E-state index in [1.54, 1.807) is 0 Å². The number of carbonyl (C=O) groups excluding carboxylic acids is 2. The van der Waals surface area contributed by atoms with Crippen LogP contribution >= 0.6 is 0 Å². The second kappa shape index (κ2) is 12.8. The Hall–Kier alpha value is -5.00. The summed E-state index contributed by atoms with van der Waals surface area (Å²) in [5.41, 5.74) is -2.72. The van der Waals surface area contributed by atoms with Gasteiger partial charge in [-0.3, -0.25) is 9.59 Å². The maximum Gasteiger partial charge on any atom is 0.424 e. The Kier molecular flexibility index (Phi) is 9.41. The highest BCUT2D eigenvalue weighted by Gasteiger charge is 2.57. The summed E-state index contributed by atoms with van der Waals surface area (Å²) in [5.74, 6) is -7.71. The van der Waals surface area contributed by atoms with E-state index in [0.29, 0.717) is 12.1 Å². The fourth-order valence-corrected chi connectivity index (χ4v) is 4.46. The third-order valence-electron chi connectivity index (χ3n) is 6.64. The molecule has 4 rings (SSSR count). The molecular weight excluding hydrogens is 638 g/mol. The number of carbonyl (C=O) groups is 2. The number of nitrogens with zero attached hydrogens (tertiary/aromatic N) is 3. The second-order valence-electron chi connectivity index (χ2n) is 9.71. The molecule has 4 N–H and O–H groups in total. The molecular formula is C28H23F8N5O5. The van der Waals surface area contributed by atoms with Crippen molar-refractivity contribution < 1.29 is 59.3 Å². The molecule has 18 heteroatoms. The zero-order valence-corrected chi connectivity index (χ0v) is 23.7. The van der Waals surface area contributed by atoms with E-state index in [9.17, 15) is 49.8 Å². The number of nitrogens with two attached hydrogens (primary N) is 1. The van der Waals surface area contributed by atoms with E-state index in [1.807, 2.05) is 5.32 Å². The molecule has 2 aromatic heterocycles. The fourth-order valence-electron chi connectivity index (χ4n) is 4.46. The monoisotopic (exact) mass is 661 g/mol. The van der Waals surface area contributed by atoms with Gasteiger partial charge in [-0.15, -0.1) is 0 Å². The lowest BCUT2D eigenvalue weighted by atomic mass is 9.93. The van der Waals surface area contributed by atoms with E-state index in [2.05, 4.69) is 10.1 Å². The molecule has 0 aliphatic carbocycles. The highest BCUT2D eigenvalue weighted by Crippen LogP contribution is 2.42. The van der Waals surface area contributed by atoms with Gasteiger partial charge in [0.2, 0.25) is 11.5 Å². The average Bonchev–Trinajstić information content (AvgIpc) is 3.42. The molecule has 2 aromatic carbocycles. The number of nitrogens with one attached hydrogen (secondary N) is 1. The summed E-state index contributed by atoms with van der Waals surface area (Å²) in [4.78, 5) is 28.5.